The Bertz CT molecular complexity index is 1210. The van der Waals surface area contributed by atoms with Gasteiger partial charge in [-0.3, -0.25) is 0 Å². The van der Waals surface area contributed by atoms with Crippen molar-refractivity contribution in [1.29, 1.82) is 0 Å². The first-order valence-electron chi connectivity index (χ1n) is 11.7. The second-order valence-electron chi connectivity index (χ2n) is 9.11. The fraction of sp³-hybridized carbons (Fsp3) is 0.400. The molecule has 1 saturated carbocycles. The first kappa shape index (κ1) is 24.0. The molecule has 3 aromatic heterocycles. The maximum absolute atomic E-state index is 6.07. The largest absolute Gasteiger partial charge is 0.464 e. The molecule has 0 saturated heterocycles. The van der Waals surface area contributed by atoms with Crippen molar-refractivity contribution in [3.8, 4) is 11.3 Å². The van der Waals surface area contributed by atoms with E-state index >= 15 is 0 Å². The van der Waals surface area contributed by atoms with Gasteiger partial charge in [0.15, 0.2) is 17.0 Å². The number of fused-ring (bicyclic) bond motifs is 1. The fourth-order valence-electron chi connectivity index (χ4n) is 4.34. The molecule has 0 atom stereocenters. The first-order valence-corrected chi connectivity index (χ1v) is 11.7. The summed E-state index contributed by atoms with van der Waals surface area (Å²) in [5.41, 5.74) is 9.77. The Kier molecular flexibility index (Phi) is 7.38. The number of hydrogen-bond acceptors (Lipinski definition) is 7. The molecule has 4 aromatic rings. The van der Waals surface area contributed by atoms with Crippen molar-refractivity contribution in [2.75, 3.05) is 10.6 Å². The Labute approximate surface area is 205 Å². The average Bonchev–Trinajstić information content (AvgIpc) is 3.47. The van der Waals surface area contributed by atoms with E-state index in [2.05, 4.69) is 40.1 Å². The van der Waals surface area contributed by atoms with Crippen LogP contribution in [0.2, 0.25) is 0 Å². The van der Waals surface area contributed by atoms with E-state index in [1.165, 1.54) is 0 Å². The highest BCUT2D eigenvalue weighted by Gasteiger charge is 2.21. The molecular weight excluding hydrogens is 450 g/mol. The van der Waals surface area contributed by atoms with Gasteiger partial charge in [-0.1, -0.05) is 30.3 Å². The number of rotatable bonds is 7. The number of furan rings is 1. The Morgan fingerprint density at radius 2 is 1.88 bits per heavy atom. The minimum Gasteiger partial charge on any atom is -0.464 e. The van der Waals surface area contributed by atoms with Crippen molar-refractivity contribution < 1.29 is 4.42 Å². The van der Waals surface area contributed by atoms with E-state index in [1.54, 1.807) is 6.26 Å². The minimum atomic E-state index is 0. The van der Waals surface area contributed by atoms with Crippen molar-refractivity contribution in [3.05, 3.63) is 54.6 Å². The van der Waals surface area contributed by atoms with E-state index < -0.39 is 0 Å². The summed E-state index contributed by atoms with van der Waals surface area (Å²) in [6, 6.07) is 13.0. The number of benzene rings is 1. The van der Waals surface area contributed by atoms with Gasteiger partial charge in [-0.25, -0.2) is 4.98 Å². The Balaban J connectivity index is 0.00000274. The number of nitrogens with two attached hydrogens (primary N) is 1. The molecule has 0 aliphatic heterocycles. The molecule has 1 fully saturated rings. The third-order valence-corrected chi connectivity index (χ3v) is 6.25. The Hall–Kier alpha value is -3.10. The van der Waals surface area contributed by atoms with Gasteiger partial charge in [0.05, 0.1) is 12.6 Å². The lowest BCUT2D eigenvalue weighted by molar-refractivity contribution is 0.410. The highest BCUT2D eigenvalue weighted by Crippen LogP contribution is 2.27. The molecular formula is C25H32ClN7O. The molecule has 1 aliphatic rings. The normalized spacial score (nSPS) is 18.1. The Morgan fingerprint density at radius 1 is 1.12 bits per heavy atom. The Morgan fingerprint density at radius 3 is 2.62 bits per heavy atom. The van der Waals surface area contributed by atoms with Crippen molar-refractivity contribution in [3.63, 3.8) is 0 Å². The summed E-state index contributed by atoms with van der Waals surface area (Å²) in [5.74, 6) is 2.20. The van der Waals surface area contributed by atoms with E-state index in [1.807, 2.05) is 36.7 Å². The number of imidazole rings is 1. The maximum Gasteiger partial charge on any atom is 0.227 e. The van der Waals surface area contributed by atoms with Gasteiger partial charge in [-0.2, -0.15) is 9.97 Å². The lowest BCUT2D eigenvalue weighted by Gasteiger charge is -2.27. The number of aromatic nitrogens is 4. The second kappa shape index (κ2) is 10.4. The van der Waals surface area contributed by atoms with E-state index in [0.717, 1.165) is 59.6 Å². The van der Waals surface area contributed by atoms with Crippen molar-refractivity contribution >= 4 is 35.3 Å². The van der Waals surface area contributed by atoms with Gasteiger partial charge < -0.3 is 25.4 Å². The summed E-state index contributed by atoms with van der Waals surface area (Å²) in [7, 11) is 0. The highest BCUT2D eigenvalue weighted by atomic mass is 35.5. The maximum atomic E-state index is 6.07. The van der Waals surface area contributed by atoms with Crippen molar-refractivity contribution in [1.82, 2.24) is 19.5 Å². The molecule has 0 spiro atoms. The fourth-order valence-corrected chi connectivity index (χ4v) is 4.34. The van der Waals surface area contributed by atoms with Crippen LogP contribution in [0.15, 0.2) is 53.4 Å². The van der Waals surface area contributed by atoms with Crippen LogP contribution in [0.1, 0.15) is 51.1 Å². The van der Waals surface area contributed by atoms with Crippen LogP contribution < -0.4 is 16.4 Å². The quantitative estimate of drug-likeness (QED) is 0.325. The molecule has 1 aliphatic carbocycles. The van der Waals surface area contributed by atoms with Gasteiger partial charge in [-0.05, 0) is 45.6 Å². The van der Waals surface area contributed by atoms with Gasteiger partial charge in [-0.15, -0.1) is 12.4 Å². The number of nitrogens with one attached hydrogen (secondary N) is 2. The summed E-state index contributed by atoms with van der Waals surface area (Å²) in [6.45, 7) is 4.83. The van der Waals surface area contributed by atoms with Crippen molar-refractivity contribution in [2.45, 2.75) is 64.2 Å². The third-order valence-electron chi connectivity index (χ3n) is 6.25. The molecule has 0 bridgehead atoms. The SMILES string of the molecule is CC(C)n1cnc2c(NCc3coc(-c4ccccc4)c3)nc(NC3CCC(N)CC3)nc21.Cl. The van der Waals surface area contributed by atoms with Crippen LogP contribution >= 0.6 is 12.4 Å². The summed E-state index contributed by atoms with van der Waals surface area (Å²) in [4.78, 5) is 14.2. The summed E-state index contributed by atoms with van der Waals surface area (Å²) < 4.78 is 7.86. The highest BCUT2D eigenvalue weighted by molar-refractivity contribution is 5.85. The molecule has 1 aromatic carbocycles. The molecule has 180 valence electrons. The van der Waals surface area contributed by atoms with Gasteiger partial charge in [0.2, 0.25) is 5.95 Å². The van der Waals surface area contributed by atoms with Crippen LogP contribution in [0.5, 0.6) is 0 Å². The van der Waals surface area contributed by atoms with Crippen LogP contribution in [0.25, 0.3) is 22.5 Å². The number of anilines is 2. The molecule has 5 rings (SSSR count). The molecule has 0 radical (unpaired) electrons. The molecule has 3 heterocycles. The lowest BCUT2D eigenvalue weighted by atomic mass is 9.92. The van der Waals surface area contributed by atoms with E-state index in [-0.39, 0.29) is 18.4 Å². The molecule has 9 heteroatoms. The predicted octanol–water partition coefficient (Wildman–Crippen LogP) is 5.38. The molecule has 4 N–H and O–H groups in total. The van der Waals surface area contributed by atoms with Crippen LogP contribution in [0.3, 0.4) is 0 Å². The molecule has 0 amide bonds. The van der Waals surface area contributed by atoms with Crippen LogP contribution in [-0.2, 0) is 6.54 Å². The summed E-state index contributed by atoms with van der Waals surface area (Å²) in [6.07, 6.45) is 7.74. The van der Waals surface area contributed by atoms with Gasteiger partial charge >= 0.3 is 0 Å². The van der Waals surface area contributed by atoms with Crippen LogP contribution in [0.4, 0.5) is 11.8 Å². The number of hydrogen-bond donors (Lipinski definition) is 3. The molecule has 8 nitrogen and oxygen atoms in total. The third kappa shape index (κ3) is 5.18. The van der Waals surface area contributed by atoms with Crippen molar-refractivity contribution in [2.24, 2.45) is 5.73 Å². The number of nitrogens with zero attached hydrogens (tertiary/aromatic N) is 4. The van der Waals surface area contributed by atoms with Gasteiger partial charge in [0, 0.05) is 35.8 Å². The van der Waals surface area contributed by atoms with Gasteiger partial charge in [0.1, 0.15) is 5.76 Å². The smallest absolute Gasteiger partial charge is 0.227 e. The molecule has 0 unspecified atom stereocenters. The first-order chi connectivity index (χ1) is 16.1. The van der Waals surface area contributed by atoms with E-state index in [0.29, 0.717) is 24.6 Å². The topological polar surface area (TPSA) is 107 Å². The lowest BCUT2D eigenvalue weighted by Crippen LogP contribution is -2.33. The number of halogens is 1. The second-order valence-corrected chi connectivity index (χ2v) is 9.11. The van der Waals surface area contributed by atoms with Gasteiger partial charge in [0.25, 0.3) is 0 Å². The predicted molar refractivity (Wildman–Crippen MR) is 138 cm³/mol. The van der Waals surface area contributed by atoms with Crippen LogP contribution in [-0.4, -0.2) is 31.6 Å². The standard InChI is InChI=1S/C25H31N7O.ClH/c1-16(2)32-15-28-22-23(27-13-17-12-21(33-14-17)18-6-4-3-5-7-18)30-25(31-24(22)32)29-20-10-8-19(26)9-11-20;/h3-7,12,14-16,19-20H,8-11,13,26H2,1-2H3,(H2,27,29,30,31);1H. The summed E-state index contributed by atoms with van der Waals surface area (Å²) in [5, 5.41) is 7.00. The monoisotopic (exact) mass is 481 g/mol. The summed E-state index contributed by atoms with van der Waals surface area (Å²) >= 11 is 0. The van der Waals surface area contributed by atoms with E-state index in [9.17, 15) is 0 Å². The zero-order valence-corrected chi connectivity index (χ0v) is 20.4. The molecule has 34 heavy (non-hydrogen) atoms. The zero-order chi connectivity index (χ0) is 22.8. The van der Waals surface area contributed by atoms with E-state index in [4.69, 9.17) is 20.1 Å². The minimum absolute atomic E-state index is 0. The zero-order valence-electron chi connectivity index (χ0n) is 19.6. The average molecular weight is 482 g/mol. The van der Waals surface area contributed by atoms with Crippen LogP contribution in [0, 0.1) is 0 Å².